The van der Waals surface area contributed by atoms with Crippen LogP contribution < -0.4 is 10.6 Å². The lowest BCUT2D eigenvalue weighted by Gasteiger charge is -2.07. The van der Waals surface area contributed by atoms with Crippen molar-refractivity contribution >= 4 is 23.3 Å². The first-order valence-electron chi connectivity index (χ1n) is 6.62. The summed E-state index contributed by atoms with van der Waals surface area (Å²) in [5.41, 5.74) is 2.51. The summed E-state index contributed by atoms with van der Waals surface area (Å²) in [6.45, 7) is 3.35. The molecule has 1 aromatic carbocycles. The number of anilines is 2. The van der Waals surface area contributed by atoms with E-state index in [1.54, 1.807) is 18.3 Å². The van der Waals surface area contributed by atoms with Gasteiger partial charge in [0.2, 0.25) is 11.8 Å². The Kier molecular flexibility index (Phi) is 4.66. The van der Waals surface area contributed by atoms with Gasteiger partial charge in [-0.15, -0.1) is 0 Å². The number of nitrogens with zero attached hydrogens (tertiary/aromatic N) is 1. The van der Waals surface area contributed by atoms with E-state index in [9.17, 15) is 9.59 Å². The monoisotopic (exact) mass is 283 g/mol. The molecule has 0 fully saturated rings. The summed E-state index contributed by atoms with van der Waals surface area (Å²) >= 11 is 0. The van der Waals surface area contributed by atoms with Gasteiger partial charge >= 0.3 is 0 Å². The predicted octanol–water partition coefficient (Wildman–Crippen LogP) is 2.53. The summed E-state index contributed by atoms with van der Waals surface area (Å²) in [6.07, 6.45) is 1.90. The first-order valence-corrected chi connectivity index (χ1v) is 6.62. The fraction of sp³-hybridized carbons (Fsp3) is 0.188. The Hall–Kier alpha value is -2.69. The van der Waals surface area contributed by atoms with Crippen LogP contribution in [0.1, 0.15) is 18.1 Å². The molecule has 1 aromatic heterocycles. The van der Waals surface area contributed by atoms with Crippen molar-refractivity contribution in [2.24, 2.45) is 0 Å². The molecule has 2 amide bonds. The Bertz CT molecular complexity index is 651. The highest BCUT2D eigenvalue weighted by Crippen LogP contribution is 2.12. The number of aryl methyl sites for hydroxylation is 1. The third-order valence-electron chi connectivity index (χ3n) is 2.91. The van der Waals surface area contributed by atoms with Gasteiger partial charge in [0.15, 0.2) is 0 Å². The normalized spacial score (nSPS) is 10.0. The van der Waals surface area contributed by atoms with Crippen LogP contribution in [0.3, 0.4) is 0 Å². The minimum atomic E-state index is -0.121. The molecule has 0 bridgehead atoms. The van der Waals surface area contributed by atoms with Gasteiger partial charge in [-0.1, -0.05) is 18.2 Å². The van der Waals surface area contributed by atoms with Crippen LogP contribution >= 0.6 is 0 Å². The molecule has 108 valence electrons. The molecule has 2 rings (SSSR count). The van der Waals surface area contributed by atoms with Crippen LogP contribution in [0.2, 0.25) is 0 Å². The molecule has 5 nitrogen and oxygen atoms in total. The second kappa shape index (κ2) is 6.65. The van der Waals surface area contributed by atoms with Gasteiger partial charge in [0.1, 0.15) is 5.82 Å². The maximum absolute atomic E-state index is 12.0. The largest absolute Gasteiger partial charge is 0.326 e. The summed E-state index contributed by atoms with van der Waals surface area (Å²) in [4.78, 5) is 27.0. The lowest BCUT2D eigenvalue weighted by molar-refractivity contribution is -0.116. The molecule has 0 radical (unpaired) electrons. The highest BCUT2D eigenvalue weighted by Gasteiger charge is 2.07. The van der Waals surface area contributed by atoms with Gasteiger partial charge in [-0.2, -0.15) is 0 Å². The molecule has 1 heterocycles. The molecule has 0 atom stereocenters. The summed E-state index contributed by atoms with van der Waals surface area (Å²) < 4.78 is 0. The number of amides is 2. The molecule has 5 heteroatoms. The zero-order chi connectivity index (χ0) is 15.2. The van der Waals surface area contributed by atoms with Crippen LogP contribution in [-0.4, -0.2) is 16.8 Å². The first-order chi connectivity index (χ1) is 10.0. The van der Waals surface area contributed by atoms with E-state index in [2.05, 4.69) is 15.6 Å². The highest BCUT2D eigenvalue weighted by molar-refractivity contribution is 5.92. The van der Waals surface area contributed by atoms with Crippen LogP contribution in [0.25, 0.3) is 0 Å². The molecular weight excluding hydrogens is 266 g/mol. The predicted molar refractivity (Wildman–Crippen MR) is 82.1 cm³/mol. The van der Waals surface area contributed by atoms with Gasteiger partial charge in [-0.3, -0.25) is 9.59 Å². The quantitative estimate of drug-likeness (QED) is 0.905. The van der Waals surface area contributed by atoms with Gasteiger partial charge < -0.3 is 10.6 Å². The van der Waals surface area contributed by atoms with Crippen molar-refractivity contribution in [2.75, 3.05) is 10.6 Å². The maximum Gasteiger partial charge on any atom is 0.229 e. The number of benzene rings is 1. The Labute approximate surface area is 123 Å². The van der Waals surface area contributed by atoms with E-state index in [0.29, 0.717) is 11.5 Å². The molecule has 0 aliphatic heterocycles. The van der Waals surface area contributed by atoms with Crippen LogP contribution in [0, 0.1) is 6.92 Å². The summed E-state index contributed by atoms with van der Waals surface area (Å²) in [5.74, 6) is 0.340. The standard InChI is InChI=1S/C16H17N3O2/c1-11-4-3-9-17-16(11)19-15(21)10-13-5-7-14(8-6-13)18-12(2)20/h3-9H,10H2,1-2H3,(H,18,20)(H,17,19,21). The molecule has 2 aromatic rings. The van der Waals surface area contributed by atoms with Crippen molar-refractivity contribution in [3.63, 3.8) is 0 Å². The fourth-order valence-corrected chi connectivity index (χ4v) is 1.89. The van der Waals surface area contributed by atoms with Gasteiger partial charge in [-0.05, 0) is 36.2 Å². The molecule has 21 heavy (non-hydrogen) atoms. The van der Waals surface area contributed by atoms with E-state index in [0.717, 1.165) is 11.1 Å². The van der Waals surface area contributed by atoms with E-state index in [-0.39, 0.29) is 18.2 Å². The number of hydrogen-bond acceptors (Lipinski definition) is 3. The number of pyridine rings is 1. The number of carbonyl (C=O) groups excluding carboxylic acids is 2. The van der Waals surface area contributed by atoms with Crippen molar-refractivity contribution < 1.29 is 9.59 Å². The van der Waals surface area contributed by atoms with Crippen LogP contribution in [0.15, 0.2) is 42.6 Å². The summed E-state index contributed by atoms with van der Waals surface area (Å²) in [7, 11) is 0. The van der Waals surface area contributed by atoms with Crippen molar-refractivity contribution in [1.29, 1.82) is 0 Å². The highest BCUT2D eigenvalue weighted by atomic mass is 16.2. The van der Waals surface area contributed by atoms with Crippen LogP contribution in [0.4, 0.5) is 11.5 Å². The maximum atomic E-state index is 12.0. The van der Waals surface area contributed by atoms with Crippen molar-refractivity contribution in [1.82, 2.24) is 4.98 Å². The molecule has 0 aliphatic rings. The zero-order valence-corrected chi connectivity index (χ0v) is 12.0. The zero-order valence-electron chi connectivity index (χ0n) is 12.0. The number of nitrogens with one attached hydrogen (secondary N) is 2. The Morgan fingerprint density at radius 3 is 2.43 bits per heavy atom. The van der Waals surface area contributed by atoms with E-state index >= 15 is 0 Å². The molecule has 0 saturated carbocycles. The molecule has 0 aliphatic carbocycles. The van der Waals surface area contributed by atoms with E-state index in [4.69, 9.17) is 0 Å². The Morgan fingerprint density at radius 1 is 1.10 bits per heavy atom. The topological polar surface area (TPSA) is 71.1 Å². The smallest absolute Gasteiger partial charge is 0.229 e. The summed E-state index contributed by atoms with van der Waals surface area (Å²) in [6, 6.07) is 10.9. The molecule has 0 saturated heterocycles. The van der Waals surface area contributed by atoms with Crippen molar-refractivity contribution in [3.8, 4) is 0 Å². The first kappa shape index (κ1) is 14.7. The van der Waals surface area contributed by atoms with Gasteiger partial charge in [-0.25, -0.2) is 4.98 Å². The molecular formula is C16H17N3O2. The van der Waals surface area contributed by atoms with Crippen LogP contribution in [-0.2, 0) is 16.0 Å². The Morgan fingerprint density at radius 2 is 1.81 bits per heavy atom. The number of hydrogen-bond donors (Lipinski definition) is 2. The van der Waals surface area contributed by atoms with Crippen molar-refractivity contribution in [2.45, 2.75) is 20.3 Å². The third kappa shape index (κ3) is 4.42. The molecule has 0 spiro atoms. The lowest BCUT2D eigenvalue weighted by Crippen LogP contribution is -2.16. The van der Waals surface area contributed by atoms with E-state index < -0.39 is 0 Å². The van der Waals surface area contributed by atoms with Gasteiger partial charge in [0, 0.05) is 18.8 Å². The lowest BCUT2D eigenvalue weighted by atomic mass is 10.1. The second-order valence-electron chi connectivity index (χ2n) is 4.77. The molecule has 2 N–H and O–H groups in total. The van der Waals surface area contributed by atoms with E-state index in [1.165, 1.54) is 6.92 Å². The van der Waals surface area contributed by atoms with Crippen molar-refractivity contribution in [3.05, 3.63) is 53.7 Å². The van der Waals surface area contributed by atoms with E-state index in [1.807, 2.05) is 31.2 Å². The SMILES string of the molecule is CC(=O)Nc1ccc(CC(=O)Nc2ncccc2C)cc1. The number of rotatable bonds is 4. The minimum absolute atomic E-state index is 0.119. The van der Waals surface area contributed by atoms with Crippen LogP contribution in [0.5, 0.6) is 0 Å². The summed E-state index contributed by atoms with van der Waals surface area (Å²) in [5, 5.41) is 5.47. The average molecular weight is 283 g/mol. The second-order valence-corrected chi connectivity index (χ2v) is 4.77. The average Bonchev–Trinajstić information content (AvgIpc) is 2.43. The Balaban J connectivity index is 1.96. The fourth-order valence-electron chi connectivity index (χ4n) is 1.89. The molecule has 0 unspecified atom stereocenters. The number of aromatic nitrogens is 1. The van der Waals surface area contributed by atoms with Gasteiger partial charge in [0.25, 0.3) is 0 Å². The third-order valence-corrected chi connectivity index (χ3v) is 2.91. The van der Waals surface area contributed by atoms with Gasteiger partial charge in [0.05, 0.1) is 6.42 Å². The number of carbonyl (C=O) groups is 2. The minimum Gasteiger partial charge on any atom is -0.326 e.